The first-order valence-electron chi connectivity index (χ1n) is 7.70. The first-order valence-corrected chi connectivity index (χ1v) is 9.14. The number of sulfonamides is 1. The van der Waals surface area contributed by atoms with Crippen LogP contribution in [0.1, 0.15) is 32.3 Å². The number of hydrogen-bond acceptors (Lipinski definition) is 3. The molecule has 118 valence electrons. The fraction of sp³-hybridized carbons (Fsp3) is 0.625. The second-order valence-corrected chi connectivity index (χ2v) is 8.26. The van der Waals surface area contributed by atoms with Gasteiger partial charge in [-0.15, -0.1) is 0 Å². The van der Waals surface area contributed by atoms with Gasteiger partial charge in [0.1, 0.15) is 0 Å². The van der Waals surface area contributed by atoms with Crippen LogP contribution in [0, 0.1) is 12.8 Å². The topological polar surface area (TPSA) is 49.4 Å². The van der Waals surface area contributed by atoms with Crippen molar-refractivity contribution in [2.45, 2.75) is 44.6 Å². The Kier molecular flexibility index (Phi) is 5.41. The van der Waals surface area contributed by atoms with Crippen molar-refractivity contribution in [3.05, 3.63) is 29.8 Å². The van der Waals surface area contributed by atoms with Crippen LogP contribution in [-0.2, 0) is 10.0 Å². The second-order valence-electron chi connectivity index (χ2n) is 6.32. The van der Waals surface area contributed by atoms with Crippen molar-refractivity contribution >= 4 is 10.0 Å². The van der Waals surface area contributed by atoms with Gasteiger partial charge in [0.05, 0.1) is 4.90 Å². The Balaban J connectivity index is 2.22. The van der Waals surface area contributed by atoms with Gasteiger partial charge in [-0.2, -0.15) is 4.31 Å². The van der Waals surface area contributed by atoms with Crippen LogP contribution in [0.5, 0.6) is 0 Å². The predicted molar refractivity (Wildman–Crippen MR) is 85.8 cm³/mol. The zero-order valence-corrected chi connectivity index (χ0v) is 14.0. The molecule has 1 fully saturated rings. The highest BCUT2D eigenvalue weighted by Gasteiger charge is 2.28. The first kappa shape index (κ1) is 16.5. The third-order valence-electron chi connectivity index (χ3n) is 3.81. The maximum atomic E-state index is 12.9. The summed E-state index contributed by atoms with van der Waals surface area (Å²) < 4.78 is 27.4. The lowest BCUT2D eigenvalue weighted by Crippen LogP contribution is -2.42. The number of benzene rings is 1. The average Bonchev–Trinajstić information content (AvgIpc) is 2.91. The maximum Gasteiger partial charge on any atom is 0.243 e. The molecule has 1 aromatic rings. The van der Waals surface area contributed by atoms with Crippen LogP contribution in [0.2, 0.25) is 0 Å². The largest absolute Gasteiger partial charge is 0.313 e. The van der Waals surface area contributed by atoms with Gasteiger partial charge in [0.2, 0.25) is 10.0 Å². The Hall–Kier alpha value is -0.910. The molecule has 1 atom stereocenters. The Bertz CT molecular complexity index is 546. The van der Waals surface area contributed by atoms with Crippen molar-refractivity contribution < 1.29 is 8.42 Å². The number of aryl methyl sites for hydroxylation is 1. The van der Waals surface area contributed by atoms with Gasteiger partial charge in [-0.25, -0.2) is 8.42 Å². The fourth-order valence-corrected chi connectivity index (χ4v) is 4.34. The summed E-state index contributed by atoms with van der Waals surface area (Å²) in [7, 11) is -3.41. The van der Waals surface area contributed by atoms with E-state index in [1.165, 1.54) is 0 Å². The molecule has 1 N–H and O–H groups in total. The van der Waals surface area contributed by atoms with Gasteiger partial charge in [-0.05, 0) is 44.4 Å². The zero-order chi connectivity index (χ0) is 15.5. The number of nitrogens with one attached hydrogen (secondary N) is 1. The summed E-state index contributed by atoms with van der Waals surface area (Å²) in [6, 6.07) is 7.41. The van der Waals surface area contributed by atoms with Crippen molar-refractivity contribution in [3.8, 4) is 0 Å². The summed E-state index contributed by atoms with van der Waals surface area (Å²) in [5.41, 5.74) is 1.07. The summed E-state index contributed by atoms with van der Waals surface area (Å²) in [5, 5.41) is 3.39. The minimum Gasteiger partial charge on any atom is -0.313 e. The van der Waals surface area contributed by atoms with Gasteiger partial charge < -0.3 is 5.32 Å². The standard InChI is InChI=1S/C16H26N2O2S/c1-13(2)11-18(12-15-5-4-10-17-15)21(19,20)16-8-6-14(3)7-9-16/h6-9,13,15,17H,4-5,10-12H2,1-3H3. The van der Waals surface area contributed by atoms with Gasteiger partial charge in [0.15, 0.2) is 0 Å². The summed E-state index contributed by atoms with van der Waals surface area (Å²) in [4.78, 5) is 0.395. The van der Waals surface area contributed by atoms with Crippen LogP contribution in [-0.4, -0.2) is 38.4 Å². The van der Waals surface area contributed by atoms with Crippen LogP contribution in [0.15, 0.2) is 29.2 Å². The van der Waals surface area contributed by atoms with Gasteiger partial charge in [-0.3, -0.25) is 0 Å². The molecule has 0 aliphatic carbocycles. The minimum atomic E-state index is -3.41. The van der Waals surface area contributed by atoms with E-state index in [1.54, 1.807) is 16.4 Å². The molecule has 1 heterocycles. The molecule has 0 amide bonds. The van der Waals surface area contributed by atoms with E-state index >= 15 is 0 Å². The quantitative estimate of drug-likeness (QED) is 0.878. The van der Waals surface area contributed by atoms with Gasteiger partial charge in [-0.1, -0.05) is 31.5 Å². The molecule has 5 heteroatoms. The highest BCUT2D eigenvalue weighted by Crippen LogP contribution is 2.19. The van der Waals surface area contributed by atoms with Gasteiger partial charge in [0.25, 0.3) is 0 Å². The maximum absolute atomic E-state index is 12.9. The van der Waals surface area contributed by atoms with Crippen LogP contribution in [0.3, 0.4) is 0 Å². The molecule has 4 nitrogen and oxygen atoms in total. The van der Waals surface area contributed by atoms with E-state index in [1.807, 2.05) is 19.1 Å². The predicted octanol–water partition coefficient (Wildman–Crippen LogP) is 2.39. The van der Waals surface area contributed by atoms with E-state index < -0.39 is 10.0 Å². The highest BCUT2D eigenvalue weighted by molar-refractivity contribution is 7.89. The van der Waals surface area contributed by atoms with Crippen molar-refractivity contribution in [1.82, 2.24) is 9.62 Å². The smallest absolute Gasteiger partial charge is 0.243 e. The Morgan fingerprint density at radius 1 is 1.29 bits per heavy atom. The molecule has 2 rings (SSSR count). The molecule has 21 heavy (non-hydrogen) atoms. The lowest BCUT2D eigenvalue weighted by atomic mass is 10.2. The summed E-state index contributed by atoms with van der Waals surface area (Å²) in [6.07, 6.45) is 2.18. The normalized spacial score (nSPS) is 19.6. The summed E-state index contributed by atoms with van der Waals surface area (Å²) in [5.74, 6) is 0.312. The Labute approximate surface area is 128 Å². The molecule has 0 saturated carbocycles. The van der Waals surface area contributed by atoms with Gasteiger partial charge in [0, 0.05) is 19.1 Å². The van der Waals surface area contributed by atoms with Crippen LogP contribution < -0.4 is 5.32 Å². The molecular weight excluding hydrogens is 284 g/mol. The van der Waals surface area contributed by atoms with E-state index in [2.05, 4.69) is 19.2 Å². The second kappa shape index (κ2) is 6.90. The molecule has 1 unspecified atom stereocenters. The minimum absolute atomic E-state index is 0.281. The lowest BCUT2D eigenvalue weighted by molar-refractivity contribution is 0.336. The number of hydrogen-bond donors (Lipinski definition) is 1. The third kappa shape index (κ3) is 4.28. The SMILES string of the molecule is Cc1ccc(S(=O)(=O)N(CC(C)C)CC2CCCN2)cc1. The molecule has 1 aliphatic rings. The van der Waals surface area contributed by atoms with Gasteiger partial charge >= 0.3 is 0 Å². The van der Waals surface area contributed by atoms with E-state index in [9.17, 15) is 8.42 Å². The van der Waals surface area contributed by atoms with Crippen LogP contribution >= 0.6 is 0 Å². The van der Waals surface area contributed by atoms with Crippen LogP contribution in [0.25, 0.3) is 0 Å². The molecular formula is C16H26N2O2S. The van der Waals surface area contributed by atoms with Crippen LogP contribution in [0.4, 0.5) is 0 Å². The van der Waals surface area contributed by atoms with Crippen molar-refractivity contribution in [2.75, 3.05) is 19.6 Å². The highest BCUT2D eigenvalue weighted by atomic mass is 32.2. The van der Waals surface area contributed by atoms with E-state index in [4.69, 9.17) is 0 Å². The molecule has 1 aliphatic heterocycles. The molecule has 0 bridgehead atoms. The number of nitrogens with zero attached hydrogens (tertiary/aromatic N) is 1. The molecule has 0 radical (unpaired) electrons. The average molecular weight is 310 g/mol. The van der Waals surface area contributed by atoms with E-state index in [0.29, 0.717) is 23.9 Å². The third-order valence-corrected chi connectivity index (χ3v) is 5.66. The Morgan fingerprint density at radius 2 is 1.95 bits per heavy atom. The fourth-order valence-electron chi connectivity index (χ4n) is 2.70. The van der Waals surface area contributed by atoms with Crippen molar-refractivity contribution in [1.29, 1.82) is 0 Å². The first-order chi connectivity index (χ1) is 9.89. The molecule has 1 aromatic carbocycles. The van der Waals surface area contributed by atoms with E-state index in [0.717, 1.165) is 24.9 Å². The zero-order valence-electron chi connectivity index (χ0n) is 13.2. The van der Waals surface area contributed by atoms with Crippen molar-refractivity contribution in [3.63, 3.8) is 0 Å². The van der Waals surface area contributed by atoms with E-state index in [-0.39, 0.29) is 6.04 Å². The monoisotopic (exact) mass is 310 g/mol. The lowest BCUT2D eigenvalue weighted by Gasteiger charge is -2.26. The number of rotatable bonds is 6. The molecule has 1 saturated heterocycles. The summed E-state index contributed by atoms with van der Waals surface area (Å²) in [6.45, 7) is 8.19. The molecule has 0 spiro atoms. The Morgan fingerprint density at radius 3 is 2.48 bits per heavy atom. The summed E-state index contributed by atoms with van der Waals surface area (Å²) >= 11 is 0. The molecule has 0 aromatic heterocycles. The van der Waals surface area contributed by atoms with Crippen molar-refractivity contribution in [2.24, 2.45) is 5.92 Å².